The molecule has 0 unspecified atom stereocenters. The van der Waals surface area contributed by atoms with Gasteiger partial charge in [-0.25, -0.2) is 4.79 Å². The molecule has 2 aromatic rings. The number of hydrogen-bond acceptors (Lipinski definition) is 3. The van der Waals surface area contributed by atoms with Crippen LogP contribution in [0.15, 0.2) is 54.6 Å². The van der Waals surface area contributed by atoms with Crippen LogP contribution in [-0.2, 0) is 16.0 Å². The molecule has 1 aliphatic carbocycles. The highest BCUT2D eigenvalue weighted by Crippen LogP contribution is 2.46. The van der Waals surface area contributed by atoms with Crippen LogP contribution in [0.3, 0.4) is 0 Å². The topological polar surface area (TPSA) is 58.6 Å². The number of aryl methyl sites for hydroxylation is 1. The predicted molar refractivity (Wildman–Crippen MR) is 114 cm³/mol. The Bertz CT molecular complexity index is 855. The molecule has 5 nitrogen and oxygen atoms in total. The van der Waals surface area contributed by atoms with E-state index in [0.29, 0.717) is 0 Å². The van der Waals surface area contributed by atoms with Crippen LogP contribution in [0.5, 0.6) is 0 Å². The number of carbonyl (C=O) groups is 2. The molecule has 1 saturated carbocycles. The third kappa shape index (κ3) is 4.14. The van der Waals surface area contributed by atoms with Crippen LogP contribution in [-0.4, -0.2) is 24.6 Å². The fourth-order valence-electron chi connectivity index (χ4n) is 4.52. The van der Waals surface area contributed by atoms with Gasteiger partial charge in [-0.1, -0.05) is 37.3 Å². The summed E-state index contributed by atoms with van der Waals surface area (Å²) in [4.78, 5) is 27.3. The van der Waals surface area contributed by atoms with Crippen LogP contribution >= 0.6 is 0 Å². The van der Waals surface area contributed by atoms with Gasteiger partial charge in [0.05, 0.1) is 5.41 Å². The average molecular weight is 392 g/mol. The van der Waals surface area contributed by atoms with Gasteiger partial charge < -0.3 is 9.64 Å². The first-order chi connectivity index (χ1) is 14.1. The second-order valence-corrected chi connectivity index (χ2v) is 8.10. The standard InChI is InChI=1S/C24H28N2O3/c1-2-18-8-10-20(11-9-18)26-17-16-24(22(26)27)14-12-21(13-15-24)29-23(28)25-19-6-4-3-5-7-19/h3-11,21H,2,12-17H2,1H3,(H,25,28). The molecular weight excluding hydrogens is 364 g/mol. The van der Waals surface area contributed by atoms with Crippen molar-refractivity contribution in [1.82, 2.24) is 0 Å². The summed E-state index contributed by atoms with van der Waals surface area (Å²) in [6.45, 7) is 2.90. The van der Waals surface area contributed by atoms with Gasteiger partial charge in [0.15, 0.2) is 0 Å². The first kappa shape index (κ1) is 19.5. The number of ether oxygens (including phenoxy) is 1. The molecule has 5 heteroatoms. The Morgan fingerprint density at radius 1 is 1.07 bits per heavy atom. The van der Waals surface area contributed by atoms with E-state index in [1.165, 1.54) is 5.56 Å². The van der Waals surface area contributed by atoms with Gasteiger partial charge in [-0.05, 0) is 68.4 Å². The molecule has 0 atom stereocenters. The van der Waals surface area contributed by atoms with Crippen molar-refractivity contribution < 1.29 is 14.3 Å². The van der Waals surface area contributed by atoms with Crippen LogP contribution < -0.4 is 10.2 Å². The Morgan fingerprint density at radius 3 is 2.41 bits per heavy atom. The number of benzene rings is 2. The Kier molecular flexibility index (Phi) is 5.56. The highest BCUT2D eigenvalue weighted by atomic mass is 16.6. The predicted octanol–water partition coefficient (Wildman–Crippen LogP) is 5.16. The zero-order valence-corrected chi connectivity index (χ0v) is 16.9. The Morgan fingerprint density at radius 2 is 1.76 bits per heavy atom. The minimum Gasteiger partial charge on any atom is -0.446 e. The Hall–Kier alpha value is -2.82. The Labute approximate surface area is 172 Å². The molecule has 2 aromatic carbocycles. The molecule has 0 aromatic heterocycles. The minimum atomic E-state index is -0.424. The molecule has 0 radical (unpaired) electrons. The van der Waals surface area contributed by atoms with Gasteiger partial charge in [0.2, 0.25) is 5.91 Å². The van der Waals surface area contributed by atoms with E-state index in [1.807, 2.05) is 35.2 Å². The smallest absolute Gasteiger partial charge is 0.411 e. The third-order valence-corrected chi connectivity index (χ3v) is 6.35. The van der Waals surface area contributed by atoms with Crippen molar-refractivity contribution >= 4 is 23.4 Å². The summed E-state index contributed by atoms with van der Waals surface area (Å²) in [5.74, 6) is 0.230. The van der Waals surface area contributed by atoms with Crippen molar-refractivity contribution in [3.05, 3.63) is 60.2 Å². The number of rotatable bonds is 4. The number of para-hydroxylation sites is 1. The number of amides is 2. The fourth-order valence-corrected chi connectivity index (χ4v) is 4.52. The quantitative estimate of drug-likeness (QED) is 0.781. The van der Waals surface area contributed by atoms with Crippen LogP contribution in [0, 0.1) is 5.41 Å². The summed E-state index contributed by atoms with van der Waals surface area (Å²) in [6, 6.07) is 17.6. The molecule has 0 bridgehead atoms. The minimum absolute atomic E-state index is 0.130. The normalized spacial score (nSPS) is 24.0. The van der Waals surface area contributed by atoms with Crippen molar-refractivity contribution in [1.29, 1.82) is 0 Å². The van der Waals surface area contributed by atoms with Gasteiger partial charge in [0, 0.05) is 17.9 Å². The maximum absolute atomic E-state index is 13.2. The van der Waals surface area contributed by atoms with E-state index >= 15 is 0 Å². The lowest BCUT2D eigenvalue weighted by atomic mass is 9.72. The van der Waals surface area contributed by atoms with Gasteiger partial charge in [-0.3, -0.25) is 10.1 Å². The third-order valence-electron chi connectivity index (χ3n) is 6.35. The molecule has 2 aliphatic rings. The second kappa shape index (κ2) is 8.27. The molecule has 1 aliphatic heterocycles. The molecule has 152 valence electrons. The van der Waals surface area contributed by atoms with Crippen LogP contribution in [0.2, 0.25) is 0 Å². The van der Waals surface area contributed by atoms with Crippen LogP contribution in [0.1, 0.15) is 44.6 Å². The van der Waals surface area contributed by atoms with Crippen molar-refractivity contribution in [3.8, 4) is 0 Å². The summed E-state index contributed by atoms with van der Waals surface area (Å²) >= 11 is 0. The van der Waals surface area contributed by atoms with Gasteiger partial charge >= 0.3 is 6.09 Å². The van der Waals surface area contributed by atoms with E-state index in [-0.39, 0.29) is 17.4 Å². The van der Waals surface area contributed by atoms with Gasteiger partial charge in [-0.2, -0.15) is 0 Å². The van der Waals surface area contributed by atoms with Gasteiger partial charge in [0.25, 0.3) is 0 Å². The molecule has 1 N–H and O–H groups in total. The van der Waals surface area contributed by atoms with Crippen LogP contribution in [0.25, 0.3) is 0 Å². The highest BCUT2D eigenvalue weighted by molar-refractivity contribution is 6.00. The van der Waals surface area contributed by atoms with Gasteiger partial charge in [0.1, 0.15) is 6.10 Å². The van der Waals surface area contributed by atoms with Crippen molar-refractivity contribution in [2.24, 2.45) is 5.41 Å². The van der Waals surface area contributed by atoms with E-state index in [2.05, 4.69) is 36.5 Å². The lowest BCUT2D eigenvalue weighted by molar-refractivity contribution is -0.128. The highest BCUT2D eigenvalue weighted by Gasteiger charge is 2.49. The van der Waals surface area contributed by atoms with Crippen molar-refractivity contribution in [2.45, 2.75) is 51.6 Å². The van der Waals surface area contributed by atoms with Crippen molar-refractivity contribution in [2.75, 3.05) is 16.8 Å². The van der Waals surface area contributed by atoms with Crippen molar-refractivity contribution in [3.63, 3.8) is 0 Å². The molecule has 1 spiro atoms. The maximum Gasteiger partial charge on any atom is 0.411 e. The number of nitrogens with one attached hydrogen (secondary N) is 1. The maximum atomic E-state index is 13.2. The largest absolute Gasteiger partial charge is 0.446 e. The molecule has 29 heavy (non-hydrogen) atoms. The number of hydrogen-bond donors (Lipinski definition) is 1. The van der Waals surface area contributed by atoms with E-state index in [4.69, 9.17) is 4.74 Å². The summed E-state index contributed by atoms with van der Waals surface area (Å²) in [5.41, 5.74) is 2.70. The van der Waals surface area contributed by atoms with E-state index < -0.39 is 6.09 Å². The average Bonchev–Trinajstić information content (AvgIpc) is 3.06. The van der Waals surface area contributed by atoms with Gasteiger partial charge in [-0.15, -0.1) is 0 Å². The first-order valence-corrected chi connectivity index (χ1v) is 10.5. The molecular formula is C24H28N2O3. The lowest BCUT2D eigenvalue weighted by Gasteiger charge is -2.35. The summed E-state index contributed by atoms with van der Waals surface area (Å²) < 4.78 is 5.60. The van der Waals surface area contributed by atoms with E-state index in [1.54, 1.807) is 0 Å². The number of nitrogens with zero attached hydrogens (tertiary/aromatic N) is 1. The zero-order valence-electron chi connectivity index (χ0n) is 16.9. The Balaban J connectivity index is 1.32. The van der Waals surface area contributed by atoms with Crippen LogP contribution in [0.4, 0.5) is 16.2 Å². The molecule has 2 fully saturated rings. The SMILES string of the molecule is CCc1ccc(N2CCC3(CCC(OC(=O)Nc4ccccc4)CC3)C2=O)cc1. The van der Waals surface area contributed by atoms with E-state index in [9.17, 15) is 9.59 Å². The summed E-state index contributed by atoms with van der Waals surface area (Å²) in [7, 11) is 0. The fraction of sp³-hybridized carbons (Fsp3) is 0.417. The summed E-state index contributed by atoms with van der Waals surface area (Å²) in [5, 5.41) is 2.76. The molecule has 2 amide bonds. The monoisotopic (exact) mass is 392 g/mol. The van der Waals surface area contributed by atoms with E-state index in [0.717, 1.165) is 56.4 Å². The number of anilines is 2. The molecule has 1 saturated heterocycles. The number of carbonyl (C=O) groups excluding carboxylic acids is 2. The first-order valence-electron chi connectivity index (χ1n) is 10.5. The zero-order chi connectivity index (χ0) is 20.3. The second-order valence-electron chi connectivity index (χ2n) is 8.10. The lowest BCUT2D eigenvalue weighted by Crippen LogP contribution is -2.39. The molecule has 1 heterocycles. The summed E-state index contributed by atoms with van der Waals surface area (Å²) in [6.07, 6.45) is 4.34. The molecule has 4 rings (SSSR count).